The number of hydrogen-bond acceptors (Lipinski definition) is 3. The van der Waals surface area contributed by atoms with Crippen molar-refractivity contribution in [1.82, 2.24) is 4.90 Å². The van der Waals surface area contributed by atoms with E-state index in [9.17, 15) is 4.79 Å². The van der Waals surface area contributed by atoms with Gasteiger partial charge in [-0.2, -0.15) is 0 Å². The van der Waals surface area contributed by atoms with Crippen LogP contribution in [-0.4, -0.2) is 36.2 Å². The van der Waals surface area contributed by atoms with Crippen molar-refractivity contribution in [2.75, 3.05) is 20.3 Å². The zero-order valence-electron chi connectivity index (χ0n) is 11.0. The average Bonchev–Trinajstić information content (AvgIpc) is 2.82. The van der Waals surface area contributed by atoms with Crippen LogP contribution in [0, 0.1) is 11.8 Å². The summed E-state index contributed by atoms with van der Waals surface area (Å²) in [5.74, 6) is 6.43. The highest BCUT2D eigenvalue weighted by Crippen LogP contribution is 2.23. The van der Waals surface area contributed by atoms with Gasteiger partial charge in [0.25, 0.3) is 0 Å². The molecule has 0 spiro atoms. The van der Waals surface area contributed by atoms with E-state index in [0.717, 1.165) is 29.8 Å². The van der Waals surface area contributed by atoms with Crippen LogP contribution in [0.3, 0.4) is 0 Å². The van der Waals surface area contributed by atoms with Gasteiger partial charge in [0.2, 0.25) is 5.91 Å². The topological polar surface area (TPSA) is 49.8 Å². The first-order valence-corrected chi connectivity index (χ1v) is 6.29. The standard InChI is InChI=1S/C15H17NO3/c1-19-14-7-6-12(4-3-9-17)10-13(14)11-16-8-2-5-15(16)18/h6-7,10,17H,2,5,8-9,11H2,1H3. The second kappa shape index (κ2) is 6.26. The largest absolute Gasteiger partial charge is 0.496 e. The summed E-state index contributed by atoms with van der Waals surface area (Å²) in [5, 5.41) is 8.71. The first-order valence-electron chi connectivity index (χ1n) is 6.29. The summed E-state index contributed by atoms with van der Waals surface area (Å²) in [6.07, 6.45) is 1.55. The smallest absolute Gasteiger partial charge is 0.222 e. The molecule has 1 fully saturated rings. The van der Waals surface area contributed by atoms with Gasteiger partial charge in [-0.3, -0.25) is 4.79 Å². The van der Waals surface area contributed by atoms with E-state index in [4.69, 9.17) is 9.84 Å². The highest BCUT2D eigenvalue weighted by Gasteiger charge is 2.21. The van der Waals surface area contributed by atoms with E-state index in [1.165, 1.54) is 0 Å². The molecule has 0 aliphatic carbocycles. The van der Waals surface area contributed by atoms with E-state index in [2.05, 4.69) is 11.8 Å². The number of carbonyl (C=O) groups excluding carboxylic acids is 1. The molecule has 19 heavy (non-hydrogen) atoms. The summed E-state index contributed by atoms with van der Waals surface area (Å²) in [4.78, 5) is 13.5. The van der Waals surface area contributed by atoms with Gasteiger partial charge >= 0.3 is 0 Å². The van der Waals surface area contributed by atoms with E-state index in [1.807, 2.05) is 23.1 Å². The Balaban J connectivity index is 2.23. The number of ether oxygens (including phenoxy) is 1. The van der Waals surface area contributed by atoms with Gasteiger partial charge in [0.15, 0.2) is 0 Å². The molecule has 1 aromatic rings. The molecule has 1 aliphatic heterocycles. The van der Waals surface area contributed by atoms with Gasteiger partial charge in [-0.15, -0.1) is 0 Å². The fraction of sp³-hybridized carbons (Fsp3) is 0.400. The minimum absolute atomic E-state index is 0.161. The second-order valence-electron chi connectivity index (χ2n) is 4.41. The van der Waals surface area contributed by atoms with Gasteiger partial charge in [0, 0.05) is 30.6 Å². The molecule has 1 aliphatic rings. The maximum Gasteiger partial charge on any atom is 0.222 e. The van der Waals surface area contributed by atoms with Gasteiger partial charge in [-0.05, 0) is 24.6 Å². The van der Waals surface area contributed by atoms with E-state index in [0.29, 0.717) is 13.0 Å². The Morgan fingerprint density at radius 2 is 2.32 bits per heavy atom. The number of aliphatic hydroxyl groups is 1. The predicted molar refractivity (Wildman–Crippen MR) is 71.6 cm³/mol. The van der Waals surface area contributed by atoms with Crippen LogP contribution >= 0.6 is 0 Å². The molecule has 0 saturated carbocycles. The number of likely N-dealkylation sites (tertiary alicyclic amines) is 1. The lowest BCUT2D eigenvalue weighted by molar-refractivity contribution is -0.128. The molecule has 1 heterocycles. The zero-order valence-corrected chi connectivity index (χ0v) is 11.0. The van der Waals surface area contributed by atoms with Crippen molar-refractivity contribution in [2.45, 2.75) is 19.4 Å². The van der Waals surface area contributed by atoms with Crippen LogP contribution in [0.15, 0.2) is 18.2 Å². The fourth-order valence-corrected chi connectivity index (χ4v) is 2.20. The van der Waals surface area contributed by atoms with Crippen LogP contribution in [-0.2, 0) is 11.3 Å². The van der Waals surface area contributed by atoms with Crippen molar-refractivity contribution in [3.05, 3.63) is 29.3 Å². The lowest BCUT2D eigenvalue weighted by atomic mass is 10.1. The minimum Gasteiger partial charge on any atom is -0.496 e. The molecule has 2 rings (SSSR count). The van der Waals surface area contributed by atoms with Crippen LogP contribution in [0.25, 0.3) is 0 Å². The molecule has 0 atom stereocenters. The van der Waals surface area contributed by atoms with Gasteiger partial charge in [-0.25, -0.2) is 0 Å². The Bertz CT molecular complexity index is 528. The number of amides is 1. The highest BCUT2D eigenvalue weighted by molar-refractivity contribution is 5.78. The van der Waals surface area contributed by atoms with E-state index >= 15 is 0 Å². The summed E-state index contributed by atoms with van der Waals surface area (Å²) >= 11 is 0. The summed E-state index contributed by atoms with van der Waals surface area (Å²) in [7, 11) is 1.61. The van der Waals surface area contributed by atoms with Crippen molar-refractivity contribution in [3.63, 3.8) is 0 Å². The Hall–Kier alpha value is -1.99. The number of carbonyl (C=O) groups is 1. The molecule has 0 unspecified atom stereocenters. The van der Waals surface area contributed by atoms with Crippen LogP contribution in [0.1, 0.15) is 24.0 Å². The maximum atomic E-state index is 11.7. The maximum absolute atomic E-state index is 11.7. The number of methoxy groups -OCH3 is 1. The lowest BCUT2D eigenvalue weighted by Crippen LogP contribution is -2.24. The first kappa shape index (κ1) is 13.4. The Morgan fingerprint density at radius 3 is 2.95 bits per heavy atom. The minimum atomic E-state index is -0.161. The third kappa shape index (κ3) is 3.27. The summed E-state index contributed by atoms with van der Waals surface area (Å²) in [6, 6.07) is 5.60. The van der Waals surface area contributed by atoms with Crippen LogP contribution in [0.5, 0.6) is 5.75 Å². The molecule has 1 amide bonds. The molecule has 1 N–H and O–H groups in total. The summed E-state index contributed by atoms with van der Waals surface area (Å²) in [5.41, 5.74) is 1.76. The Kier molecular flexibility index (Phi) is 4.43. The number of aliphatic hydroxyl groups excluding tert-OH is 1. The molecule has 1 aromatic carbocycles. The SMILES string of the molecule is COc1ccc(C#CCO)cc1CN1CCCC1=O. The molecule has 0 bridgehead atoms. The predicted octanol–water partition coefficient (Wildman–Crippen LogP) is 1.16. The third-order valence-electron chi connectivity index (χ3n) is 3.12. The molecular weight excluding hydrogens is 242 g/mol. The Morgan fingerprint density at radius 1 is 1.47 bits per heavy atom. The number of nitrogens with zero attached hydrogens (tertiary/aromatic N) is 1. The molecule has 1 saturated heterocycles. The summed E-state index contributed by atoms with van der Waals surface area (Å²) in [6.45, 7) is 1.19. The van der Waals surface area contributed by atoms with Gasteiger partial charge in [-0.1, -0.05) is 11.8 Å². The van der Waals surface area contributed by atoms with E-state index in [-0.39, 0.29) is 12.5 Å². The van der Waals surface area contributed by atoms with E-state index in [1.54, 1.807) is 7.11 Å². The zero-order chi connectivity index (χ0) is 13.7. The van der Waals surface area contributed by atoms with Gasteiger partial charge in [0.05, 0.1) is 7.11 Å². The van der Waals surface area contributed by atoms with Gasteiger partial charge in [0.1, 0.15) is 12.4 Å². The van der Waals surface area contributed by atoms with Crippen molar-refractivity contribution >= 4 is 5.91 Å². The molecule has 4 heteroatoms. The molecule has 0 radical (unpaired) electrons. The lowest BCUT2D eigenvalue weighted by Gasteiger charge is -2.17. The van der Waals surface area contributed by atoms with Crippen molar-refractivity contribution in [3.8, 4) is 17.6 Å². The molecular formula is C15H17NO3. The number of benzene rings is 1. The van der Waals surface area contributed by atoms with Crippen LogP contribution < -0.4 is 4.74 Å². The molecule has 100 valence electrons. The normalized spacial score (nSPS) is 14.2. The fourth-order valence-electron chi connectivity index (χ4n) is 2.20. The quantitative estimate of drug-likeness (QED) is 0.829. The molecule has 0 aromatic heterocycles. The van der Waals surface area contributed by atoms with Crippen molar-refractivity contribution < 1.29 is 14.6 Å². The second-order valence-corrected chi connectivity index (χ2v) is 4.41. The molecule has 4 nitrogen and oxygen atoms in total. The van der Waals surface area contributed by atoms with E-state index < -0.39 is 0 Å². The van der Waals surface area contributed by atoms with Crippen molar-refractivity contribution in [2.24, 2.45) is 0 Å². The first-order chi connectivity index (χ1) is 9.24. The van der Waals surface area contributed by atoms with Crippen molar-refractivity contribution in [1.29, 1.82) is 0 Å². The van der Waals surface area contributed by atoms with Crippen LogP contribution in [0.4, 0.5) is 0 Å². The summed E-state index contributed by atoms with van der Waals surface area (Å²) < 4.78 is 5.31. The highest BCUT2D eigenvalue weighted by atomic mass is 16.5. The number of rotatable bonds is 3. The third-order valence-corrected chi connectivity index (χ3v) is 3.12. The average molecular weight is 259 g/mol. The Labute approximate surface area is 113 Å². The van der Waals surface area contributed by atoms with Gasteiger partial charge < -0.3 is 14.7 Å². The van der Waals surface area contributed by atoms with Crippen LogP contribution in [0.2, 0.25) is 0 Å². The number of hydrogen-bond donors (Lipinski definition) is 1. The monoisotopic (exact) mass is 259 g/mol.